The second-order valence-electron chi connectivity index (χ2n) is 3.30. The molecular weight excluding hydrogens is 152 g/mol. The maximum Gasteiger partial charge on any atom is 0.0956 e. The van der Waals surface area contributed by atoms with Crippen molar-refractivity contribution >= 4 is 5.69 Å². The fraction of sp³-hybridized carbons (Fsp3) is 0.375. The Hall–Kier alpha value is -1.45. The molecule has 1 aromatic rings. The van der Waals surface area contributed by atoms with Gasteiger partial charge in [0.2, 0.25) is 0 Å². The molecule has 1 rings (SSSR count). The first-order valence-electron chi connectivity index (χ1n) is 3.70. The molecule has 0 radical (unpaired) electrons. The summed E-state index contributed by atoms with van der Waals surface area (Å²) in [5.74, 6) is 0. The van der Waals surface area contributed by atoms with Crippen LogP contribution < -0.4 is 11.5 Å². The number of anilines is 1. The van der Waals surface area contributed by atoms with Crippen LogP contribution in [-0.2, 0) is 5.54 Å². The van der Waals surface area contributed by atoms with Gasteiger partial charge < -0.3 is 11.5 Å². The maximum absolute atomic E-state index is 5.62. The van der Waals surface area contributed by atoms with E-state index in [0.29, 0.717) is 11.4 Å². The quantitative estimate of drug-likeness (QED) is 0.678. The summed E-state index contributed by atoms with van der Waals surface area (Å²) in [6, 6.07) is 0. The van der Waals surface area contributed by atoms with Gasteiger partial charge in [-0.2, -0.15) is 5.10 Å². The highest BCUT2D eigenvalue weighted by Crippen LogP contribution is 2.19. The fourth-order valence-corrected chi connectivity index (χ4v) is 0.790. The molecule has 66 valence electrons. The number of aromatic nitrogens is 2. The van der Waals surface area contributed by atoms with Crippen LogP contribution in [0.15, 0.2) is 24.7 Å². The first-order valence-corrected chi connectivity index (χ1v) is 3.70. The minimum Gasteiger partial charge on any atom is -0.401 e. The van der Waals surface area contributed by atoms with Gasteiger partial charge in [0.15, 0.2) is 0 Å². The molecule has 0 aromatic carbocycles. The maximum atomic E-state index is 5.62. The average molecular weight is 166 g/mol. The number of hydrogen-bond donors (Lipinski definition) is 2. The van der Waals surface area contributed by atoms with Crippen LogP contribution in [0.4, 0.5) is 5.69 Å². The molecule has 12 heavy (non-hydrogen) atoms. The van der Waals surface area contributed by atoms with E-state index in [2.05, 4.69) is 11.7 Å². The molecule has 0 atom stereocenters. The third kappa shape index (κ3) is 1.28. The molecule has 0 bridgehead atoms. The molecule has 0 saturated heterocycles. The number of hydrogen-bond acceptors (Lipinski definition) is 3. The number of rotatable bonds is 2. The third-order valence-electron chi connectivity index (χ3n) is 1.96. The Bertz CT molecular complexity index is 298. The molecule has 0 aliphatic carbocycles. The van der Waals surface area contributed by atoms with Crippen LogP contribution in [0.25, 0.3) is 0 Å². The van der Waals surface area contributed by atoms with Crippen LogP contribution >= 0.6 is 0 Å². The van der Waals surface area contributed by atoms with Gasteiger partial charge in [0.1, 0.15) is 0 Å². The van der Waals surface area contributed by atoms with Gasteiger partial charge in [-0.15, -0.1) is 0 Å². The Morgan fingerprint density at radius 2 is 2.25 bits per heavy atom. The van der Waals surface area contributed by atoms with Crippen molar-refractivity contribution in [2.45, 2.75) is 19.4 Å². The smallest absolute Gasteiger partial charge is 0.0956 e. The van der Waals surface area contributed by atoms with E-state index in [0.717, 1.165) is 0 Å². The molecule has 1 aromatic heterocycles. The molecule has 4 heteroatoms. The van der Waals surface area contributed by atoms with Crippen molar-refractivity contribution in [3.05, 3.63) is 24.7 Å². The predicted octanol–water partition coefficient (Wildman–Crippen LogP) is 0.673. The highest BCUT2D eigenvalue weighted by atomic mass is 15.3. The SMILES string of the molecule is C=C(N)C(C)(C)n1cc(N)cn1. The molecule has 4 nitrogen and oxygen atoms in total. The van der Waals surface area contributed by atoms with Crippen molar-refractivity contribution in [1.29, 1.82) is 0 Å². The zero-order chi connectivity index (χ0) is 9.35. The molecule has 0 spiro atoms. The Labute approximate surface area is 71.9 Å². The van der Waals surface area contributed by atoms with Gasteiger partial charge in [-0.05, 0) is 13.8 Å². The molecule has 0 aliphatic heterocycles. The van der Waals surface area contributed by atoms with E-state index in [-0.39, 0.29) is 5.54 Å². The van der Waals surface area contributed by atoms with Crippen LogP contribution in [-0.4, -0.2) is 9.78 Å². The molecule has 0 unspecified atom stereocenters. The van der Waals surface area contributed by atoms with Gasteiger partial charge >= 0.3 is 0 Å². The summed E-state index contributed by atoms with van der Waals surface area (Å²) in [5, 5.41) is 4.06. The van der Waals surface area contributed by atoms with Gasteiger partial charge in [0.25, 0.3) is 0 Å². The van der Waals surface area contributed by atoms with Crippen molar-refractivity contribution in [3.63, 3.8) is 0 Å². The summed E-state index contributed by atoms with van der Waals surface area (Å²) in [6.45, 7) is 7.55. The average Bonchev–Trinajstić information content (AvgIpc) is 2.35. The number of nitrogens with zero attached hydrogens (tertiary/aromatic N) is 2. The van der Waals surface area contributed by atoms with Crippen molar-refractivity contribution in [2.75, 3.05) is 5.73 Å². The Balaban J connectivity index is 3.05. The Kier molecular flexibility index (Phi) is 1.84. The van der Waals surface area contributed by atoms with E-state index in [1.165, 1.54) is 0 Å². The van der Waals surface area contributed by atoms with Crippen molar-refractivity contribution < 1.29 is 0 Å². The lowest BCUT2D eigenvalue weighted by atomic mass is 10.0. The highest BCUT2D eigenvalue weighted by Gasteiger charge is 2.22. The molecule has 1 heterocycles. The largest absolute Gasteiger partial charge is 0.401 e. The Morgan fingerprint density at radius 3 is 2.58 bits per heavy atom. The number of allylic oxidation sites excluding steroid dienone is 1. The van der Waals surface area contributed by atoms with Crippen LogP contribution in [0, 0.1) is 0 Å². The van der Waals surface area contributed by atoms with E-state index < -0.39 is 0 Å². The van der Waals surface area contributed by atoms with Crippen LogP contribution in [0.2, 0.25) is 0 Å². The predicted molar refractivity (Wildman–Crippen MR) is 49.3 cm³/mol. The summed E-state index contributed by atoms with van der Waals surface area (Å²) < 4.78 is 1.70. The van der Waals surface area contributed by atoms with Crippen molar-refractivity contribution in [1.82, 2.24) is 9.78 Å². The molecule has 0 saturated carbocycles. The minimum atomic E-state index is -0.377. The van der Waals surface area contributed by atoms with Gasteiger partial charge in [0.05, 0.1) is 17.4 Å². The zero-order valence-electron chi connectivity index (χ0n) is 7.41. The zero-order valence-corrected chi connectivity index (χ0v) is 7.41. The fourth-order valence-electron chi connectivity index (χ4n) is 0.790. The van der Waals surface area contributed by atoms with Gasteiger partial charge in [-0.1, -0.05) is 6.58 Å². The second-order valence-corrected chi connectivity index (χ2v) is 3.30. The summed E-state index contributed by atoms with van der Waals surface area (Å²) in [7, 11) is 0. The van der Waals surface area contributed by atoms with Crippen LogP contribution in [0.1, 0.15) is 13.8 Å². The molecule has 0 fully saturated rings. The lowest BCUT2D eigenvalue weighted by Gasteiger charge is -2.24. The lowest BCUT2D eigenvalue weighted by Crippen LogP contribution is -2.32. The molecular formula is C8H14N4. The first kappa shape index (κ1) is 8.64. The Morgan fingerprint density at radius 1 is 1.67 bits per heavy atom. The van der Waals surface area contributed by atoms with Crippen LogP contribution in [0.3, 0.4) is 0 Å². The summed E-state index contributed by atoms with van der Waals surface area (Å²) in [6.07, 6.45) is 3.32. The summed E-state index contributed by atoms with van der Waals surface area (Å²) >= 11 is 0. The van der Waals surface area contributed by atoms with E-state index in [4.69, 9.17) is 11.5 Å². The van der Waals surface area contributed by atoms with Gasteiger partial charge in [-0.3, -0.25) is 4.68 Å². The van der Waals surface area contributed by atoms with Crippen LogP contribution in [0.5, 0.6) is 0 Å². The standard InChI is InChI=1S/C8H14N4/c1-6(9)8(2,3)12-5-7(10)4-11-12/h4-5H,1,9-10H2,2-3H3. The van der Waals surface area contributed by atoms with E-state index in [1.807, 2.05) is 13.8 Å². The minimum absolute atomic E-state index is 0.377. The van der Waals surface area contributed by atoms with Crippen molar-refractivity contribution in [3.8, 4) is 0 Å². The second kappa shape index (κ2) is 2.55. The number of nitrogen functional groups attached to an aromatic ring is 1. The normalized spacial score (nSPS) is 11.5. The van der Waals surface area contributed by atoms with E-state index in [9.17, 15) is 0 Å². The molecule has 0 aliphatic rings. The lowest BCUT2D eigenvalue weighted by molar-refractivity contribution is 0.379. The van der Waals surface area contributed by atoms with Gasteiger partial charge in [-0.25, -0.2) is 0 Å². The third-order valence-corrected chi connectivity index (χ3v) is 1.96. The molecule has 4 N–H and O–H groups in total. The monoisotopic (exact) mass is 166 g/mol. The van der Waals surface area contributed by atoms with Crippen molar-refractivity contribution in [2.24, 2.45) is 5.73 Å². The topological polar surface area (TPSA) is 69.9 Å². The first-order chi connectivity index (χ1) is 5.44. The summed E-state index contributed by atoms with van der Waals surface area (Å²) in [5.41, 5.74) is 11.9. The number of nitrogens with two attached hydrogens (primary N) is 2. The molecule has 0 amide bonds. The van der Waals surface area contributed by atoms with Gasteiger partial charge in [0, 0.05) is 11.9 Å². The van der Waals surface area contributed by atoms with E-state index >= 15 is 0 Å². The van der Waals surface area contributed by atoms with E-state index in [1.54, 1.807) is 17.1 Å². The highest BCUT2D eigenvalue weighted by molar-refractivity contribution is 5.31. The summed E-state index contributed by atoms with van der Waals surface area (Å²) in [4.78, 5) is 0.